The van der Waals surface area contributed by atoms with E-state index in [1.807, 2.05) is 24.5 Å². The maximum Gasteiger partial charge on any atom is 0.346 e. The predicted molar refractivity (Wildman–Crippen MR) is 120 cm³/mol. The maximum atomic E-state index is 12.6. The highest BCUT2D eigenvalue weighted by molar-refractivity contribution is 8.00. The summed E-state index contributed by atoms with van der Waals surface area (Å²) >= 11 is 2.67. The number of anilines is 1. The van der Waals surface area contributed by atoms with Gasteiger partial charge >= 0.3 is 5.97 Å². The summed E-state index contributed by atoms with van der Waals surface area (Å²) in [5.41, 5.74) is 0.660. The largest absolute Gasteiger partial charge is 0.423 e. The topological polar surface area (TPSA) is 111 Å². The van der Waals surface area contributed by atoms with E-state index in [0.717, 1.165) is 22.7 Å². The van der Waals surface area contributed by atoms with Gasteiger partial charge in [0.05, 0.1) is 22.3 Å². The molecule has 0 unspecified atom stereocenters. The molecule has 0 fully saturated rings. The molecule has 0 aliphatic heterocycles. The van der Waals surface area contributed by atoms with Crippen molar-refractivity contribution in [2.45, 2.75) is 9.92 Å². The number of ether oxygens (including phenoxy) is 1. The first-order chi connectivity index (χ1) is 15.0. The van der Waals surface area contributed by atoms with Crippen molar-refractivity contribution in [3.05, 3.63) is 82.5 Å². The number of carbonyl (C=O) groups is 2. The molecule has 0 radical (unpaired) electrons. The molecular weight excluding hydrogens is 438 g/mol. The number of nitro groups is 1. The molecule has 0 aliphatic carbocycles. The Morgan fingerprint density at radius 3 is 2.71 bits per heavy atom. The second-order valence-electron chi connectivity index (χ2n) is 6.07. The van der Waals surface area contributed by atoms with Crippen LogP contribution in [-0.4, -0.2) is 33.8 Å². The summed E-state index contributed by atoms with van der Waals surface area (Å²) < 4.78 is 5.26. The number of hydrogen-bond acceptors (Lipinski definition) is 8. The van der Waals surface area contributed by atoms with Gasteiger partial charge in [0.15, 0.2) is 0 Å². The lowest BCUT2D eigenvalue weighted by atomic mass is 10.3. The lowest BCUT2D eigenvalue weighted by Gasteiger charge is -2.09. The number of rotatable bonds is 8. The maximum absolute atomic E-state index is 12.6. The first-order valence-electron chi connectivity index (χ1n) is 8.94. The number of thioether (sulfide) groups is 2. The second kappa shape index (κ2) is 10.6. The molecule has 3 aromatic rings. The average molecular weight is 456 g/mol. The van der Waals surface area contributed by atoms with E-state index in [4.69, 9.17) is 4.74 Å². The van der Waals surface area contributed by atoms with Crippen molar-refractivity contribution in [3.63, 3.8) is 0 Å². The minimum atomic E-state index is -0.718. The van der Waals surface area contributed by atoms with Gasteiger partial charge < -0.3 is 10.1 Å². The highest BCUT2D eigenvalue weighted by atomic mass is 32.2. The average Bonchev–Trinajstić information content (AvgIpc) is 2.78. The lowest BCUT2D eigenvalue weighted by molar-refractivity contribution is -0.384. The Balaban J connectivity index is 1.65. The molecule has 0 spiro atoms. The van der Waals surface area contributed by atoms with Crippen molar-refractivity contribution in [1.82, 2.24) is 4.98 Å². The fourth-order valence-corrected chi connectivity index (χ4v) is 3.76. The molecule has 0 saturated carbocycles. The van der Waals surface area contributed by atoms with Crippen LogP contribution in [0.25, 0.3) is 0 Å². The summed E-state index contributed by atoms with van der Waals surface area (Å²) in [6, 6.07) is 15.9. The number of aromatic nitrogens is 1. The number of nitrogens with zero attached hydrogens (tertiary/aromatic N) is 2. The van der Waals surface area contributed by atoms with E-state index in [0.29, 0.717) is 10.7 Å². The molecule has 1 heterocycles. The predicted octanol–water partition coefficient (Wildman–Crippen LogP) is 4.66. The van der Waals surface area contributed by atoms with Gasteiger partial charge in [-0.05, 0) is 42.7 Å². The molecule has 158 valence electrons. The third-order valence-corrected chi connectivity index (χ3v) is 5.65. The summed E-state index contributed by atoms with van der Waals surface area (Å²) in [6.07, 6.45) is 3.46. The van der Waals surface area contributed by atoms with Gasteiger partial charge in [-0.15, -0.1) is 11.8 Å². The molecule has 1 amide bonds. The third-order valence-electron chi connectivity index (χ3n) is 3.92. The Hall–Kier alpha value is -3.37. The van der Waals surface area contributed by atoms with Crippen LogP contribution in [0.2, 0.25) is 0 Å². The van der Waals surface area contributed by atoms with Crippen LogP contribution in [0.5, 0.6) is 5.75 Å². The molecule has 8 nitrogen and oxygen atoms in total. The van der Waals surface area contributed by atoms with Crippen molar-refractivity contribution in [2.75, 3.05) is 17.3 Å². The van der Waals surface area contributed by atoms with Crippen LogP contribution in [-0.2, 0) is 4.79 Å². The van der Waals surface area contributed by atoms with Crippen LogP contribution >= 0.6 is 23.5 Å². The van der Waals surface area contributed by atoms with Crippen molar-refractivity contribution in [1.29, 1.82) is 0 Å². The number of hydrogen-bond donors (Lipinski definition) is 1. The van der Waals surface area contributed by atoms with E-state index in [9.17, 15) is 19.7 Å². The smallest absolute Gasteiger partial charge is 0.346 e. The minimum Gasteiger partial charge on any atom is -0.423 e. The molecule has 0 saturated heterocycles. The number of pyridine rings is 1. The quantitative estimate of drug-likeness (QED) is 0.172. The van der Waals surface area contributed by atoms with E-state index in [-0.39, 0.29) is 28.7 Å². The van der Waals surface area contributed by atoms with E-state index in [1.54, 1.807) is 23.9 Å². The normalized spacial score (nSPS) is 10.4. The number of amides is 1. The Bertz CT molecular complexity index is 1120. The molecule has 3 rings (SSSR count). The number of benzene rings is 2. The van der Waals surface area contributed by atoms with Gasteiger partial charge in [-0.25, -0.2) is 9.78 Å². The van der Waals surface area contributed by atoms with Gasteiger partial charge in [0.25, 0.3) is 5.69 Å². The molecule has 0 bridgehead atoms. The van der Waals surface area contributed by atoms with E-state index in [2.05, 4.69) is 10.3 Å². The van der Waals surface area contributed by atoms with Crippen molar-refractivity contribution in [3.8, 4) is 5.75 Å². The molecule has 1 aromatic heterocycles. The number of carbonyl (C=O) groups excluding carboxylic acids is 2. The SMILES string of the molecule is CSc1cccc(NC(=O)CSc2ncccc2C(=O)Oc2cccc([N+](=O)[O-])c2)c1. The fraction of sp³-hybridized carbons (Fsp3) is 0.0952. The summed E-state index contributed by atoms with van der Waals surface area (Å²) in [7, 11) is 0. The molecule has 31 heavy (non-hydrogen) atoms. The Morgan fingerprint density at radius 2 is 1.94 bits per heavy atom. The number of nitro benzene ring substituents is 1. The van der Waals surface area contributed by atoms with Crippen LogP contribution in [0, 0.1) is 10.1 Å². The zero-order valence-electron chi connectivity index (χ0n) is 16.3. The van der Waals surface area contributed by atoms with Gasteiger partial charge in [-0.2, -0.15) is 0 Å². The monoisotopic (exact) mass is 455 g/mol. The Labute approximate surface area is 186 Å². The van der Waals surface area contributed by atoms with Crippen LogP contribution in [0.4, 0.5) is 11.4 Å². The zero-order chi connectivity index (χ0) is 22.2. The summed E-state index contributed by atoms with van der Waals surface area (Å²) in [5.74, 6) is -0.876. The number of non-ortho nitro benzene ring substituents is 1. The lowest BCUT2D eigenvalue weighted by Crippen LogP contribution is -2.15. The summed E-state index contributed by atoms with van der Waals surface area (Å²) in [6.45, 7) is 0. The first kappa shape index (κ1) is 22.3. The van der Waals surface area contributed by atoms with E-state index < -0.39 is 10.9 Å². The Morgan fingerprint density at radius 1 is 1.13 bits per heavy atom. The van der Waals surface area contributed by atoms with Crippen molar-refractivity contribution in [2.24, 2.45) is 0 Å². The molecule has 0 aliphatic rings. The first-order valence-corrected chi connectivity index (χ1v) is 11.2. The van der Waals surface area contributed by atoms with Gasteiger partial charge in [-0.1, -0.05) is 23.9 Å². The van der Waals surface area contributed by atoms with Crippen LogP contribution in [0.1, 0.15) is 10.4 Å². The highest BCUT2D eigenvalue weighted by Gasteiger charge is 2.17. The van der Waals surface area contributed by atoms with Gasteiger partial charge in [-0.3, -0.25) is 14.9 Å². The third kappa shape index (κ3) is 6.30. The van der Waals surface area contributed by atoms with Crippen LogP contribution < -0.4 is 10.1 Å². The van der Waals surface area contributed by atoms with E-state index in [1.165, 1.54) is 30.5 Å². The van der Waals surface area contributed by atoms with E-state index >= 15 is 0 Å². The molecule has 2 aromatic carbocycles. The second-order valence-corrected chi connectivity index (χ2v) is 7.91. The van der Waals surface area contributed by atoms with Gasteiger partial charge in [0.1, 0.15) is 10.8 Å². The molecule has 10 heteroatoms. The summed E-state index contributed by atoms with van der Waals surface area (Å²) in [5, 5.41) is 14.0. The molecule has 1 N–H and O–H groups in total. The van der Waals surface area contributed by atoms with Crippen molar-refractivity contribution >= 4 is 46.8 Å². The number of nitrogens with one attached hydrogen (secondary N) is 1. The minimum absolute atomic E-state index is 0.0393. The van der Waals surface area contributed by atoms with Gasteiger partial charge in [0, 0.05) is 22.8 Å². The number of esters is 1. The molecular formula is C21H17N3O5S2. The van der Waals surface area contributed by atoms with Crippen LogP contribution in [0.3, 0.4) is 0 Å². The standard InChI is InChI=1S/C21H17N3O5S2/c1-30-17-8-2-5-14(11-17)23-19(25)13-31-20-18(9-4-10-22-20)21(26)29-16-7-3-6-15(12-16)24(27)28/h2-12H,13H2,1H3,(H,23,25). The zero-order valence-corrected chi connectivity index (χ0v) is 17.9. The van der Waals surface area contributed by atoms with Gasteiger partial charge in [0.2, 0.25) is 5.91 Å². The highest BCUT2D eigenvalue weighted by Crippen LogP contribution is 2.25. The Kier molecular flexibility index (Phi) is 7.63. The molecule has 0 atom stereocenters. The van der Waals surface area contributed by atoms with Crippen molar-refractivity contribution < 1.29 is 19.2 Å². The summed E-state index contributed by atoms with van der Waals surface area (Å²) in [4.78, 5) is 40.4. The van der Waals surface area contributed by atoms with Crippen LogP contribution in [0.15, 0.2) is 76.8 Å². The fourth-order valence-electron chi connectivity index (χ4n) is 2.52.